The minimum Gasteiger partial charge on any atom is -0.452 e. The topological polar surface area (TPSA) is 81.9 Å². The van der Waals surface area contributed by atoms with E-state index >= 15 is 0 Å². The summed E-state index contributed by atoms with van der Waals surface area (Å²) in [5.74, 6) is -0.589. The van der Waals surface area contributed by atoms with Crippen LogP contribution in [-0.4, -0.2) is 48.0 Å². The maximum Gasteiger partial charge on any atom is 0.410 e. The number of hydrogen-bond acceptors (Lipinski definition) is 6. The van der Waals surface area contributed by atoms with Gasteiger partial charge in [-0.2, -0.15) is 0 Å². The van der Waals surface area contributed by atoms with E-state index in [-0.39, 0.29) is 13.2 Å². The second-order valence-corrected chi connectivity index (χ2v) is 6.73. The second kappa shape index (κ2) is 9.84. The highest BCUT2D eigenvalue weighted by atomic mass is 16.6. The van der Waals surface area contributed by atoms with Crippen molar-refractivity contribution in [3.05, 3.63) is 71.8 Å². The van der Waals surface area contributed by atoms with Crippen molar-refractivity contribution in [2.75, 3.05) is 6.54 Å². The molecule has 1 amide bonds. The number of carbonyl (C=O) groups is 3. The van der Waals surface area contributed by atoms with Gasteiger partial charge in [0.05, 0.1) is 12.6 Å². The molecule has 2 aromatic carbocycles. The highest BCUT2D eigenvalue weighted by molar-refractivity contribution is 5.73. The Labute approximate surface area is 169 Å². The van der Waals surface area contributed by atoms with Crippen molar-refractivity contribution >= 4 is 18.3 Å². The number of benzene rings is 2. The lowest BCUT2D eigenvalue weighted by Crippen LogP contribution is -2.40. The summed E-state index contributed by atoms with van der Waals surface area (Å²) in [6.07, 6.45) is -1.85. The van der Waals surface area contributed by atoms with Crippen LogP contribution in [0, 0.1) is 0 Å². The van der Waals surface area contributed by atoms with Gasteiger partial charge in [0.1, 0.15) is 12.7 Å². The van der Waals surface area contributed by atoms with Gasteiger partial charge in [0.25, 0.3) is 0 Å². The Morgan fingerprint density at radius 3 is 2.17 bits per heavy atom. The van der Waals surface area contributed by atoms with E-state index in [1.165, 1.54) is 11.8 Å². The van der Waals surface area contributed by atoms with Crippen molar-refractivity contribution in [1.82, 2.24) is 4.90 Å². The molecule has 29 heavy (non-hydrogen) atoms. The van der Waals surface area contributed by atoms with E-state index in [9.17, 15) is 14.4 Å². The van der Waals surface area contributed by atoms with Gasteiger partial charge in [-0.25, -0.2) is 4.79 Å². The fourth-order valence-electron chi connectivity index (χ4n) is 3.00. The van der Waals surface area contributed by atoms with Crippen LogP contribution in [0.4, 0.5) is 4.79 Å². The summed E-state index contributed by atoms with van der Waals surface area (Å²) in [6.45, 7) is 1.96. The lowest BCUT2D eigenvalue weighted by molar-refractivity contribution is -0.159. The molecule has 0 radical (unpaired) electrons. The lowest BCUT2D eigenvalue weighted by Gasteiger charge is -2.23. The molecule has 0 bridgehead atoms. The van der Waals surface area contributed by atoms with Gasteiger partial charge in [-0.1, -0.05) is 60.7 Å². The molecule has 1 fully saturated rings. The second-order valence-electron chi connectivity index (χ2n) is 6.73. The monoisotopic (exact) mass is 397 g/mol. The lowest BCUT2D eigenvalue weighted by atomic mass is 10.1. The van der Waals surface area contributed by atoms with Crippen LogP contribution in [0.2, 0.25) is 0 Å². The van der Waals surface area contributed by atoms with Crippen LogP contribution in [0.5, 0.6) is 0 Å². The van der Waals surface area contributed by atoms with Gasteiger partial charge in [0.15, 0.2) is 12.4 Å². The predicted octanol–water partition coefficient (Wildman–Crippen LogP) is 2.72. The third kappa shape index (κ3) is 5.89. The number of esters is 1. The van der Waals surface area contributed by atoms with Crippen LogP contribution < -0.4 is 0 Å². The number of rotatable bonds is 9. The third-order valence-electron chi connectivity index (χ3n) is 4.51. The fraction of sp³-hybridized carbons (Fsp3) is 0.318. The molecule has 3 atom stereocenters. The van der Waals surface area contributed by atoms with Crippen LogP contribution in [-0.2, 0) is 37.0 Å². The van der Waals surface area contributed by atoms with Gasteiger partial charge in [0.2, 0.25) is 0 Å². The standard InChI is InChI=1S/C22H23NO6/c1-16(25)29-20(13-24)21(27-14-17-8-4-2-5-9-17)19-12-23(19)22(26)28-15-18-10-6-3-7-11-18/h2-11,13,19-21H,12,14-15H2,1H3/t19-,20+,21+,23?/m0/s1. The Hall–Kier alpha value is -3.19. The number of amides is 1. The molecule has 2 aromatic rings. The zero-order chi connectivity index (χ0) is 20.6. The highest BCUT2D eigenvalue weighted by Crippen LogP contribution is 2.28. The first-order valence-electron chi connectivity index (χ1n) is 9.34. The van der Waals surface area contributed by atoms with Crippen molar-refractivity contribution in [2.24, 2.45) is 0 Å². The average molecular weight is 397 g/mol. The first kappa shape index (κ1) is 20.5. The molecule has 0 spiro atoms. The molecule has 0 N–H and O–H groups in total. The Kier molecular flexibility index (Phi) is 6.97. The van der Waals surface area contributed by atoms with E-state index < -0.39 is 30.3 Å². The van der Waals surface area contributed by atoms with Crippen molar-refractivity contribution in [1.29, 1.82) is 0 Å². The SMILES string of the molecule is CC(=O)O[C@H](C=O)[C@H](OCc1ccccc1)[C@@H]1CN1C(=O)OCc1ccccc1. The summed E-state index contributed by atoms with van der Waals surface area (Å²) >= 11 is 0. The van der Waals surface area contributed by atoms with Crippen LogP contribution in [0.3, 0.4) is 0 Å². The maximum absolute atomic E-state index is 12.4. The summed E-state index contributed by atoms with van der Waals surface area (Å²) in [5.41, 5.74) is 1.78. The van der Waals surface area contributed by atoms with Crippen molar-refractivity contribution in [3.8, 4) is 0 Å². The molecule has 0 saturated carbocycles. The predicted molar refractivity (Wildman–Crippen MR) is 104 cm³/mol. The molecule has 0 unspecified atom stereocenters. The maximum atomic E-state index is 12.4. The van der Waals surface area contributed by atoms with Gasteiger partial charge in [-0.15, -0.1) is 0 Å². The molecule has 7 nitrogen and oxygen atoms in total. The van der Waals surface area contributed by atoms with Crippen LogP contribution >= 0.6 is 0 Å². The van der Waals surface area contributed by atoms with Gasteiger partial charge in [-0.05, 0) is 11.1 Å². The Bertz CT molecular complexity index is 826. The van der Waals surface area contributed by atoms with Crippen molar-refractivity contribution < 1.29 is 28.6 Å². The molecular formula is C22H23NO6. The van der Waals surface area contributed by atoms with Crippen LogP contribution in [0.25, 0.3) is 0 Å². The summed E-state index contributed by atoms with van der Waals surface area (Å²) in [7, 11) is 0. The molecule has 152 valence electrons. The molecule has 1 aliphatic heterocycles. The van der Waals surface area contributed by atoms with E-state index in [1.54, 1.807) is 0 Å². The van der Waals surface area contributed by atoms with E-state index in [2.05, 4.69) is 0 Å². The summed E-state index contributed by atoms with van der Waals surface area (Å²) in [4.78, 5) is 36.7. The molecule has 1 heterocycles. The first-order valence-corrected chi connectivity index (χ1v) is 9.34. The minimum absolute atomic E-state index is 0.152. The Balaban J connectivity index is 1.61. The zero-order valence-corrected chi connectivity index (χ0v) is 16.1. The van der Waals surface area contributed by atoms with Crippen molar-refractivity contribution in [2.45, 2.75) is 38.4 Å². The number of hydrogen-bond donors (Lipinski definition) is 0. The molecule has 0 aromatic heterocycles. The average Bonchev–Trinajstić information content (AvgIpc) is 3.53. The van der Waals surface area contributed by atoms with Crippen LogP contribution in [0.15, 0.2) is 60.7 Å². The molecule has 7 heteroatoms. The fourth-order valence-corrected chi connectivity index (χ4v) is 3.00. The smallest absolute Gasteiger partial charge is 0.410 e. The molecule has 1 saturated heterocycles. The first-order chi connectivity index (χ1) is 14.1. The Morgan fingerprint density at radius 2 is 1.62 bits per heavy atom. The normalized spacial score (nSPS) is 17.1. The third-order valence-corrected chi connectivity index (χ3v) is 4.51. The van der Waals surface area contributed by atoms with Crippen molar-refractivity contribution in [3.63, 3.8) is 0 Å². The van der Waals surface area contributed by atoms with Gasteiger partial charge < -0.3 is 14.2 Å². The number of nitrogens with zero attached hydrogens (tertiary/aromatic N) is 1. The van der Waals surface area contributed by atoms with Gasteiger partial charge in [0, 0.05) is 13.5 Å². The summed E-state index contributed by atoms with van der Waals surface area (Å²) in [6, 6.07) is 18.3. The highest BCUT2D eigenvalue weighted by Gasteiger charge is 2.49. The number of aldehydes is 1. The molecular weight excluding hydrogens is 374 g/mol. The van der Waals surface area contributed by atoms with E-state index in [0.29, 0.717) is 12.8 Å². The summed E-state index contributed by atoms with van der Waals surface area (Å²) in [5, 5.41) is 0. The quantitative estimate of drug-likeness (QED) is 0.368. The summed E-state index contributed by atoms with van der Waals surface area (Å²) < 4.78 is 16.3. The largest absolute Gasteiger partial charge is 0.452 e. The number of carbonyl (C=O) groups excluding carboxylic acids is 3. The minimum atomic E-state index is -1.10. The van der Waals surface area contributed by atoms with E-state index in [1.807, 2.05) is 60.7 Å². The number of ether oxygens (including phenoxy) is 3. The molecule has 0 aliphatic carbocycles. The van der Waals surface area contributed by atoms with E-state index in [0.717, 1.165) is 11.1 Å². The Morgan fingerprint density at radius 1 is 1.03 bits per heavy atom. The van der Waals surface area contributed by atoms with Gasteiger partial charge in [-0.3, -0.25) is 14.5 Å². The van der Waals surface area contributed by atoms with Crippen LogP contribution in [0.1, 0.15) is 18.1 Å². The van der Waals surface area contributed by atoms with E-state index in [4.69, 9.17) is 14.2 Å². The molecule has 3 rings (SSSR count). The molecule has 1 aliphatic rings. The zero-order valence-electron chi connectivity index (χ0n) is 16.1. The van der Waals surface area contributed by atoms with Gasteiger partial charge >= 0.3 is 12.1 Å².